The summed E-state index contributed by atoms with van der Waals surface area (Å²) in [6.07, 6.45) is 0.466. The number of thiazole rings is 1. The Morgan fingerprint density at radius 3 is 2.81 bits per heavy atom. The van der Waals surface area contributed by atoms with Gasteiger partial charge in [-0.2, -0.15) is 0 Å². The lowest BCUT2D eigenvalue weighted by Gasteiger charge is -2.38. The summed E-state index contributed by atoms with van der Waals surface area (Å²) >= 11 is 1.47. The van der Waals surface area contributed by atoms with Crippen LogP contribution in [0.1, 0.15) is 23.0 Å². The van der Waals surface area contributed by atoms with Crippen molar-refractivity contribution in [1.82, 2.24) is 9.88 Å². The van der Waals surface area contributed by atoms with Crippen molar-refractivity contribution in [2.24, 2.45) is 0 Å². The lowest BCUT2D eigenvalue weighted by Crippen LogP contribution is -2.49. The van der Waals surface area contributed by atoms with E-state index in [2.05, 4.69) is 21.3 Å². The summed E-state index contributed by atoms with van der Waals surface area (Å²) in [5.74, 6) is 0.723. The number of rotatable bonds is 5. The van der Waals surface area contributed by atoms with Crippen molar-refractivity contribution >= 4 is 28.6 Å². The highest BCUT2D eigenvalue weighted by molar-refractivity contribution is 7.13. The molecule has 2 N–H and O–H groups in total. The molecule has 2 aliphatic heterocycles. The molecular formula is C24H26N4O3S. The summed E-state index contributed by atoms with van der Waals surface area (Å²) in [5.41, 5.74) is 4.37. The molecule has 1 unspecified atom stereocenters. The molecule has 166 valence electrons. The van der Waals surface area contributed by atoms with Gasteiger partial charge < -0.3 is 20.1 Å². The second kappa shape index (κ2) is 8.90. The van der Waals surface area contributed by atoms with Crippen molar-refractivity contribution < 1.29 is 14.6 Å². The molecular weight excluding hydrogens is 424 g/mol. The van der Waals surface area contributed by atoms with Crippen LogP contribution in [-0.4, -0.2) is 59.9 Å². The predicted molar refractivity (Wildman–Crippen MR) is 127 cm³/mol. The second-order valence-corrected chi connectivity index (χ2v) is 8.94. The largest absolute Gasteiger partial charge is 0.493 e. The number of fused-ring (bicyclic) bond motifs is 1. The van der Waals surface area contributed by atoms with Crippen molar-refractivity contribution in [3.63, 3.8) is 0 Å². The smallest absolute Gasteiger partial charge is 0.275 e. The van der Waals surface area contributed by atoms with Crippen molar-refractivity contribution in [3.8, 4) is 16.3 Å². The molecule has 0 bridgehead atoms. The van der Waals surface area contributed by atoms with Crippen LogP contribution in [0.15, 0.2) is 47.8 Å². The van der Waals surface area contributed by atoms with Gasteiger partial charge in [-0.05, 0) is 42.8 Å². The number of aromatic nitrogens is 1. The highest BCUT2D eigenvalue weighted by Crippen LogP contribution is 2.32. The van der Waals surface area contributed by atoms with Gasteiger partial charge in [0.25, 0.3) is 5.91 Å². The van der Waals surface area contributed by atoms with Gasteiger partial charge in [-0.25, -0.2) is 4.98 Å². The van der Waals surface area contributed by atoms with E-state index in [0.29, 0.717) is 5.69 Å². The van der Waals surface area contributed by atoms with E-state index in [0.717, 1.165) is 66.9 Å². The number of aliphatic hydroxyl groups is 1. The molecule has 2 aliphatic rings. The number of hydrogen-bond acceptors (Lipinski definition) is 7. The zero-order valence-electron chi connectivity index (χ0n) is 18.0. The fourth-order valence-electron chi connectivity index (χ4n) is 4.21. The molecule has 3 heterocycles. The fraction of sp³-hybridized carbons (Fsp3) is 0.333. The molecule has 1 aromatic heterocycles. The summed E-state index contributed by atoms with van der Waals surface area (Å²) in [6, 6.07) is 13.9. The Hall–Kier alpha value is -2.94. The van der Waals surface area contributed by atoms with E-state index in [9.17, 15) is 9.90 Å². The monoisotopic (exact) mass is 450 g/mol. The quantitative estimate of drug-likeness (QED) is 0.620. The van der Waals surface area contributed by atoms with Crippen LogP contribution in [-0.2, 0) is 6.42 Å². The number of carbonyl (C=O) groups excluding carboxylic acids is 1. The van der Waals surface area contributed by atoms with Crippen molar-refractivity contribution in [2.45, 2.75) is 19.6 Å². The molecule has 0 spiro atoms. The number of benzene rings is 2. The fourth-order valence-corrected chi connectivity index (χ4v) is 5.01. The third-order valence-corrected chi connectivity index (χ3v) is 6.90. The first-order valence-corrected chi connectivity index (χ1v) is 11.8. The molecule has 2 aromatic carbocycles. The van der Waals surface area contributed by atoms with Gasteiger partial charge in [0.15, 0.2) is 0 Å². The van der Waals surface area contributed by atoms with Gasteiger partial charge >= 0.3 is 0 Å². The summed E-state index contributed by atoms with van der Waals surface area (Å²) < 4.78 is 5.58. The first-order chi connectivity index (χ1) is 15.6. The number of amides is 1. The molecule has 7 nitrogen and oxygen atoms in total. The second-order valence-electron chi connectivity index (χ2n) is 8.09. The Morgan fingerprint density at radius 2 is 2.00 bits per heavy atom. The number of ether oxygens (including phenoxy) is 1. The van der Waals surface area contributed by atoms with Crippen LogP contribution in [0.2, 0.25) is 0 Å². The molecule has 1 amide bonds. The van der Waals surface area contributed by atoms with E-state index in [1.807, 2.05) is 41.3 Å². The topological polar surface area (TPSA) is 77.9 Å². The van der Waals surface area contributed by atoms with E-state index in [1.165, 1.54) is 16.9 Å². The van der Waals surface area contributed by atoms with E-state index >= 15 is 0 Å². The SMILES string of the molecule is CC(O)N1CCN(c2ccccc2NC(=O)c2csc(-c3ccc4c(c3)CCO4)n2)CC1. The molecule has 8 heteroatoms. The maximum atomic E-state index is 13.0. The van der Waals surface area contributed by atoms with Crippen molar-refractivity contribution in [2.75, 3.05) is 43.0 Å². The number of hydrogen-bond donors (Lipinski definition) is 2. The minimum Gasteiger partial charge on any atom is -0.493 e. The number of carbonyl (C=O) groups is 1. The molecule has 3 aromatic rings. The number of nitrogens with one attached hydrogen (secondary N) is 1. The molecule has 0 radical (unpaired) electrons. The minimum absolute atomic E-state index is 0.216. The van der Waals surface area contributed by atoms with Gasteiger partial charge in [0.1, 0.15) is 22.7 Å². The van der Waals surface area contributed by atoms with E-state index in [-0.39, 0.29) is 5.91 Å². The van der Waals surface area contributed by atoms with Gasteiger partial charge in [0.05, 0.1) is 18.0 Å². The molecule has 1 saturated heterocycles. The number of nitrogens with zero attached hydrogens (tertiary/aromatic N) is 3. The Labute approximate surface area is 191 Å². The Morgan fingerprint density at radius 1 is 1.19 bits per heavy atom. The third-order valence-electron chi connectivity index (χ3n) is 6.01. The normalized spacial score (nSPS) is 17.0. The van der Waals surface area contributed by atoms with Crippen LogP contribution in [0.3, 0.4) is 0 Å². The van der Waals surface area contributed by atoms with Crippen LogP contribution >= 0.6 is 11.3 Å². The lowest BCUT2D eigenvalue weighted by atomic mass is 10.1. The maximum absolute atomic E-state index is 13.0. The first-order valence-electron chi connectivity index (χ1n) is 10.9. The van der Waals surface area contributed by atoms with Crippen LogP contribution < -0.4 is 15.0 Å². The molecule has 0 aliphatic carbocycles. The number of anilines is 2. The zero-order valence-corrected chi connectivity index (χ0v) is 18.8. The molecule has 0 saturated carbocycles. The predicted octanol–water partition coefficient (Wildman–Crippen LogP) is 3.46. The summed E-state index contributed by atoms with van der Waals surface area (Å²) in [7, 11) is 0. The van der Waals surface area contributed by atoms with Crippen LogP contribution in [0, 0.1) is 0 Å². The van der Waals surface area contributed by atoms with Gasteiger partial charge in [-0.1, -0.05) is 12.1 Å². The Kier molecular flexibility index (Phi) is 5.82. The Balaban J connectivity index is 1.30. The van der Waals surface area contributed by atoms with E-state index in [1.54, 1.807) is 12.3 Å². The number of aliphatic hydroxyl groups excluding tert-OH is 1. The standard InChI is InChI=1S/C24H26N4O3S/c1-16(29)27-9-11-28(12-10-27)21-5-3-2-4-19(21)25-23(30)20-15-32-24(26-20)18-6-7-22-17(14-18)8-13-31-22/h2-7,14-16,29H,8-13H2,1H3,(H,25,30). The van der Waals surface area contributed by atoms with Crippen LogP contribution in [0.4, 0.5) is 11.4 Å². The van der Waals surface area contributed by atoms with Gasteiger partial charge in [-0.15, -0.1) is 11.3 Å². The zero-order chi connectivity index (χ0) is 22.1. The third kappa shape index (κ3) is 4.21. The summed E-state index contributed by atoms with van der Waals surface area (Å²) in [6.45, 7) is 5.66. The highest BCUT2D eigenvalue weighted by atomic mass is 32.1. The lowest BCUT2D eigenvalue weighted by molar-refractivity contribution is 0.0153. The minimum atomic E-state index is -0.441. The van der Waals surface area contributed by atoms with E-state index in [4.69, 9.17) is 4.74 Å². The van der Waals surface area contributed by atoms with Crippen molar-refractivity contribution in [1.29, 1.82) is 0 Å². The highest BCUT2D eigenvalue weighted by Gasteiger charge is 2.22. The number of piperazine rings is 1. The van der Waals surface area contributed by atoms with E-state index < -0.39 is 6.23 Å². The van der Waals surface area contributed by atoms with Gasteiger partial charge in [0, 0.05) is 43.5 Å². The maximum Gasteiger partial charge on any atom is 0.275 e. The molecule has 1 atom stereocenters. The van der Waals surface area contributed by atoms with Crippen LogP contribution in [0.5, 0.6) is 5.75 Å². The number of para-hydroxylation sites is 2. The van der Waals surface area contributed by atoms with Crippen molar-refractivity contribution in [3.05, 3.63) is 59.1 Å². The molecule has 5 rings (SSSR count). The molecule has 1 fully saturated rings. The first kappa shape index (κ1) is 20.9. The van der Waals surface area contributed by atoms with Gasteiger partial charge in [0.2, 0.25) is 0 Å². The summed E-state index contributed by atoms with van der Waals surface area (Å²) in [4.78, 5) is 21.9. The average Bonchev–Trinajstić information content (AvgIpc) is 3.49. The van der Waals surface area contributed by atoms with Gasteiger partial charge in [-0.3, -0.25) is 9.69 Å². The van der Waals surface area contributed by atoms with Crippen LogP contribution in [0.25, 0.3) is 10.6 Å². The Bertz CT molecular complexity index is 1120. The summed E-state index contributed by atoms with van der Waals surface area (Å²) in [5, 5.41) is 15.5. The molecule has 32 heavy (non-hydrogen) atoms. The average molecular weight is 451 g/mol.